The Kier molecular flexibility index (Phi) is 3.93. The number of carbonyl (C=O) groups excluding carboxylic acids is 1. The average Bonchev–Trinajstić information content (AvgIpc) is 2.32. The lowest BCUT2D eigenvalue weighted by Gasteiger charge is -2.08. The van der Waals surface area contributed by atoms with Crippen molar-refractivity contribution in [1.82, 2.24) is 0 Å². The molecule has 0 aliphatic rings. The second-order valence-corrected chi connectivity index (χ2v) is 4.77. The molecule has 0 aliphatic carbocycles. The summed E-state index contributed by atoms with van der Waals surface area (Å²) in [7, 11) is 0. The minimum atomic E-state index is -1.17. The molecular formula is C16H13F3O. The molecular weight excluding hydrogens is 265 g/mol. The summed E-state index contributed by atoms with van der Waals surface area (Å²) in [6, 6.07) is 6.56. The van der Waals surface area contributed by atoms with Gasteiger partial charge in [0.25, 0.3) is 0 Å². The molecule has 2 aromatic rings. The van der Waals surface area contributed by atoms with Gasteiger partial charge in [0.15, 0.2) is 5.78 Å². The van der Waals surface area contributed by atoms with E-state index in [1.54, 1.807) is 6.07 Å². The molecule has 104 valence electrons. The summed E-state index contributed by atoms with van der Waals surface area (Å²) in [6.45, 7) is 3.69. The van der Waals surface area contributed by atoms with E-state index in [9.17, 15) is 18.0 Å². The summed E-state index contributed by atoms with van der Waals surface area (Å²) in [6.07, 6.45) is -0.118. The fraction of sp³-hybridized carbons (Fsp3) is 0.188. The molecule has 0 aromatic heterocycles. The Morgan fingerprint density at radius 1 is 1.00 bits per heavy atom. The predicted octanol–water partition coefficient (Wildman–Crippen LogP) is 4.15. The topological polar surface area (TPSA) is 17.1 Å². The maximum absolute atomic E-state index is 13.5. The molecule has 20 heavy (non-hydrogen) atoms. The molecule has 0 radical (unpaired) electrons. The largest absolute Gasteiger partial charge is 0.294 e. The number of Topliss-reactive ketones (excluding diaryl/α,β-unsaturated/α-hetero) is 1. The van der Waals surface area contributed by atoms with Gasteiger partial charge in [-0.2, -0.15) is 0 Å². The van der Waals surface area contributed by atoms with E-state index in [1.807, 2.05) is 26.0 Å². The van der Waals surface area contributed by atoms with Crippen LogP contribution in [0, 0.1) is 31.3 Å². The van der Waals surface area contributed by atoms with Gasteiger partial charge in [0.1, 0.15) is 17.5 Å². The number of rotatable bonds is 3. The van der Waals surface area contributed by atoms with Gasteiger partial charge < -0.3 is 0 Å². The lowest BCUT2D eigenvalue weighted by atomic mass is 9.97. The number of hydrogen-bond donors (Lipinski definition) is 0. The molecule has 0 unspecified atom stereocenters. The smallest absolute Gasteiger partial charge is 0.173 e. The van der Waals surface area contributed by atoms with Gasteiger partial charge in [0.05, 0.1) is 5.56 Å². The summed E-state index contributed by atoms with van der Waals surface area (Å²) in [4.78, 5) is 12.0. The predicted molar refractivity (Wildman–Crippen MR) is 70.3 cm³/mol. The first-order valence-electron chi connectivity index (χ1n) is 6.12. The Morgan fingerprint density at radius 3 is 2.20 bits per heavy atom. The Labute approximate surface area is 115 Å². The van der Waals surface area contributed by atoms with Crippen LogP contribution in [0.3, 0.4) is 0 Å². The minimum absolute atomic E-state index is 0.118. The fourth-order valence-corrected chi connectivity index (χ4v) is 2.06. The van der Waals surface area contributed by atoms with Crippen LogP contribution in [0.4, 0.5) is 13.2 Å². The van der Waals surface area contributed by atoms with Crippen LogP contribution in [0.1, 0.15) is 27.0 Å². The van der Waals surface area contributed by atoms with Crippen molar-refractivity contribution in [3.63, 3.8) is 0 Å². The average molecular weight is 278 g/mol. The first-order chi connectivity index (χ1) is 9.38. The van der Waals surface area contributed by atoms with Crippen molar-refractivity contribution < 1.29 is 18.0 Å². The molecule has 0 aliphatic heterocycles. The number of hydrogen-bond acceptors (Lipinski definition) is 1. The number of halogens is 3. The van der Waals surface area contributed by atoms with Crippen molar-refractivity contribution >= 4 is 5.78 Å². The molecule has 0 saturated carbocycles. The van der Waals surface area contributed by atoms with E-state index in [1.165, 1.54) is 0 Å². The molecule has 0 saturated heterocycles. The lowest BCUT2D eigenvalue weighted by molar-refractivity contribution is 0.0984. The molecule has 0 N–H and O–H groups in total. The van der Waals surface area contributed by atoms with Crippen molar-refractivity contribution in [2.24, 2.45) is 0 Å². The van der Waals surface area contributed by atoms with Crippen LogP contribution in [0.15, 0.2) is 30.3 Å². The molecule has 1 nitrogen and oxygen atoms in total. The van der Waals surface area contributed by atoms with Gasteiger partial charge in [-0.3, -0.25) is 4.79 Å². The van der Waals surface area contributed by atoms with E-state index in [2.05, 4.69) is 0 Å². The zero-order valence-corrected chi connectivity index (χ0v) is 11.1. The molecule has 0 atom stereocenters. The molecule has 0 fully saturated rings. The van der Waals surface area contributed by atoms with Crippen LogP contribution >= 0.6 is 0 Å². The second kappa shape index (κ2) is 5.49. The SMILES string of the molecule is Cc1ccc(C)c(CC(=O)c2c(F)cc(F)cc2F)c1. The third-order valence-corrected chi connectivity index (χ3v) is 3.14. The van der Waals surface area contributed by atoms with Crippen LogP contribution in [-0.2, 0) is 6.42 Å². The molecule has 0 spiro atoms. The van der Waals surface area contributed by atoms with E-state index in [0.29, 0.717) is 17.7 Å². The van der Waals surface area contributed by atoms with Crippen LogP contribution in [0.5, 0.6) is 0 Å². The quantitative estimate of drug-likeness (QED) is 0.771. The highest BCUT2D eigenvalue weighted by molar-refractivity contribution is 5.98. The van der Waals surface area contributed by atoms with Crippen molar-refractivity contribution in [2.45, 2.75) is 20.3 Å². The molecule has 4 heteroatoms. The summed E-state index contributed by atoms with van der Waals surface area (Å²) < 4.78 is 39.9. The van der Waals surface area contributed by atoms with Gasteiger partial charge in [0, 0.05) is 18.6 Å². The van der Waals surface area contributed by atoms with Crippen LogP contribution in [0.25, 0.3) is 0 Å². The summed E-state index contributed by atoms with van der Waals surface area (Å²) in [5, 5.41) is 0. The number of aryl methyl sites for hydroxylation is 2. The van der Waals surface area contributed by atoms with Crippen molar-refractivity contribution in [3.05, 3.63) is 70.0 Å². The molecule has 0 heterocycles. The Balaban J connectivity index is 2.36. The van der Waals surface area contributed by atoms with Crippen molar-refractivity contribution in [2.75, 3.05) is 0 Å². The van der Waals surface area contributed by atoms with E-state index >= 15 is 0 Å². The van der Waals surface area contributed by atoms with Gasteiger partial charge in [-0.25, -0.2) is 13.2 Å². The first-order valence-corrected chi connectivity index (χ1v) is 6.12. The Bertz CT molecular complexity index is 654. The molecule has 0 bridgehead atoms. The maximum Gasteiger partial charge on any atom is 0.173 e. The van der Waals surface area contributed by atoms with E-state index in [-0.39, 0.29) is 6.42 Å². The van der Waals surface area contributed by atoms with Crippen molar-refractivity contribution in [1.29, 1.82) is 0 Å². The summed E-state index contributed by atoms with van der Waals surface area (Å²) >= 11 is 0. The zero-order chi connectivity index (χ0) is 14.9. The second-order valence-electron chi connectivity index (χ2n) is 4.77. The highest BCUT2D eigenvalue weighted by atomic mass is 19.1. The van der Waals surface area contributed by atoms with Crippen LogP contribution in [-0.4, -0.2) is 5.78 Å². The van der Waals surface area contributed by atoms with Crippen molar-refractivity contribution in [3.8, 4) is 0 Å². The highest BCUT2D eigenvalue weighted by Gasteiger charge is 2.19. The molecule has 2 rings (SSSR count). The number of benzene rings is 2. The Morgan fingerprint density at radius 2 is 1.60 bits per heavy atom. The van der Waals surface area contributed by atoms with E-state index < -0.39 is 28.8 Å². The number of ketones is 1. The lowest BCUT2D eigenvalue weighted by Crippen LogP contribution is -2.10. The highest BCUT2D eigenvalue weighted by Crippen LogP contribution is 2.19. The normalized spacial score (nSPS) is 10.7. The summed E-state index contributed by atoms with van der Waals surface area (Å²) in [5.41, 5.74) is 1.84. The van der Waals surface area contributed by atoms with Gasteiger partial charge in [-0.1, -0.05) is 23.8 Å². The zero-order valence-electron chi connectivity index (χ0n) is 11.1. The summed E-state index contributed by atoms with van der Waals surface area (Å²) in [5.74, 6) is -4.08. The van der Waals surface area contributed by atoms with E-state index in [0.717, 1.165) is 11.1 Å². The van der Waals surface area contributed by atoms with Crippen LogP contribution < -0.4 is 0 Å². The van der Waals surface area contributed by atoms with Crippen LogP contribution in [0.2, 0.25) is 0 Å². The van der Waals surface area contributed by atoms with E-state index in [4.69, 9.17) is 0 Å². The third-order valence-electron chi connectivity index (χ3n) is 3.14. The van der Waals surface area contributed by atoms with Gasteiger partial charge >= 0.3 is 0 Å². The monoisotopic (exact) mass is 278 g/mol. The first kappa shape index (κ1) is 14.3. The van der Waals surface area contributed by atoms with Gasteiger partial charge in [-0.15, -0.1) is 0 Å². The maximum atomic E-state index is 13.5. The molecule has 2 aromatic carbocycles. The fourth-order valence-electron chi connectivity index (χ4n) is 2.06. The Hall–Kier alpha value is -2.10. The standard InChI is InChI=1S/C16H13F3O/c1-9-3-4-10(2)11(5-9)6-15(20)16-13(18)7-12(17)8-14(16)19/h3-5,7-8H,6H2,1-2H3. The number of carbonyl (C=O) groups is 1. The molecule has 0 amide bonds. The third kappa shape index (κ3) is 2.90. The minimum Gasteiger partial charge on any atom is -0.294 e. The van der Waals surface area contributed by atoms with Gasteiger partial charge in [0.2, 0.25) is 0 Å². The van der Waals surface area contributed by atoms with Gasteiger partial charge in [-0.05, 0) is 25.0 Å².